The van der Waals surface area contributed by atoms with Gasteiger partial charge < -0.3 is 20.3 Å². The van der Waals surface area contributed by atoms with Crippen LogP contribution in [0.1, 0.15) is 41.2 Å². The van der Waals surface area contributed by atoms with Crippen molar-refractivity contribution >= 4 is 28.6 Å². The molecule has 0 radical (unpaired) electrons. The van der Waals surface area contributed by atoms with Gasteiger partial charge in [-0.05, 0) is 50.1 Å². The largest absolute Gasteiger partial charge is 0.496 e. The number of para-hydroxylation sites is 1. The Morgan fingerprint density at radius 3 is 2.74 bits per heavy atom. The van der Waals surface area contributed by atoms with E-state index in [0.717, 1.165) is 42.3 Å². The van der Waals surface area contributed by atoms with Crippen LogP contribution in [0.25, 0.3) is 0 Å². The van der Waals surface area contributed by atoms with Crippen LogP contribution in [-0.2, 0) is 0 Å². The summed E-state index contributed by atoms with van der Waals surface area (Å²) in [7, 11) is 1.57. The van der Waals surface area contributed by atoms with Gasteiger partial charge in [0.2, 0.25) is 0 Å². The molecule has 4 rings (SSSR count). The molecule has 0 bridgehead atoms. The number of hydrogen-bond donors (Lipinski definition) is 2. The van der Waals surface area contributed by atoms with Crippen molar-refractivity contribution in [1.29, 1.82) is 0 Å². The molecular formula is C24H28N4O2S. The summed E-state index contributed by atoms with van der Waals surface area (Å²) < 4.78 is 5.31. The molecule has 2 heterocycles. The highest BCUT2D eigenvalue weighted by Gasteiger charge is 2.22. The first-order valence-corrected chi connectivity index (χ1v) is 11.5. The first kappa shape index (κ1) is 21.3. The summed E-state index contributed by atoms with van der Waals surface area (Å²) in [5.41, 5.74) is 2.44. The molecule has 0 unspecified atom stereocenters. The van der Waals surface area contributed by atoms with Crippen LogP contribution in [0.3, 0.4) is 0 Å². The molecule has 0 spiro atoms. The minimum Gasteiger partial charge on any atom is -0.496 e. The van der Waals surface area contributed by atoms with Gasteiger partial charge in [0.05, 0.1) is 18.7 Å². The Kier molecular flexibility index (Phi) is 6.84. The van der Waals surface area contributed by atoms with Crippen LogP contribution in [0, 0.1) is 0 Å². The standard InChI is InChI=1S/C24H28N4O2S/c1-17(24-25-12-15-31-24)26-18-10-13-28(14-11-18)20-7-5-6-19(16-20)27-23(29)21-8-3-4-9-22(21)30-2/h3-9,12,15-18,26H,10-11,13-14H2,1-2H3,(H,27,29)/t17-/m1/s1. The van der Waals surface area contributed by atoms with E-state index in [4.69, 9.17) is 4.74 Å². The van der Waals surface area contributed by atoms with E-state index in [9.17, 15) is 4.79 Å². The molecular weight excluding hydrogens is 408 g/mol. The number of aromatic nitrogens is 1. The minimum absolute atomic E-state index is 0.173. The fraction of sp³-hybridized carbons (Fsp3) is 0.333. The van der Waals surface area contributed by atoms with Crippen LogP contribution < -0.4 is 20.3 Å². The molecule has 1 aliphatic heterocycles. The molecule has 1 aliphatic rings. The molecule has 1 saturated heterocycles. The Bertz CT molecular complexity index is 1000. The van der Waals surface area contributed by atoms with E-state index in [-0.39, 0.29) is 11.9 Å². The van der Waals surface area contributed by atoms with Crippen LogP contribution in [0.4, 0.5) is 11.4 Å². The number of ether oxygens (including phenoxy) is 1. The lowest BCUT2D eigenvalue weighted by atomic mass is 10.0. The zero-order valence-electron chi connectivity index (χ0n) is 17.9. The number of piperidine rings is 1. The smallest absolute Gasteiger partial charge is 0.259 e. The highest BCUT2D eigenvalue weighted by atomic mass is 32.1. The first-order chi connectivity index (χ1) is 15.1. The van der Waals surface area contributed by atoms with Crippen molar-refractivity contribution in [2.45, 2.75) is 31.8 Å². The summed E-state index contributed by atoms with van der Waals surface area (Å²) in [6.07, 6.45) is 4.02. The number of benzene rings is 2. The quantitative estimate of drug-likeness (QED) is 0.561. The lowest BCUT2D eigenvalue weighted by molar-refractivity contribution is 0.102. The first-order valence-electron chi connectivity index (χ1n) is 10.6. The lowest BCUT2D eigenvalue weighted by Gasteiger charge is -2.35. The summed E-state index contributed by atoms with van der Waals surface area (Å²) >= 11 is 1.70. The van der Waals surface area contributed by atoms with E-state index in [2.05, 4.69) is 33.5 Å². The number of nitrogens with one attached hydrogen (secondary N) is 2. The molecule has 1 fully saturated rings. The Morgan fingerprint density at radius 1 is 1.19 bits per heavy atom. The zero-order chi connectivity index (χ0) is 21.6. The fourth-order valence-electron chi connectivity index (χ4n) is 3.99. The Morgan fingerprint density at radius 2 is 2.00 bits per heavy atom. The maximum absolute atomic E-state index is 12.7. The number of amides is 1. The number of anilines is 2. The van der Waals surface area contributed by atoms with Crippen molar-refractivity contribution in [3.8, 4) is 5.75 Å². The van der Waals surface area contributed by atoms with E-state index in [1.54, 1.807) is 30.6 Å². The van der Waals surface area contributed by atoms with E-state index in [1.807, 2.05) is 41.9 Å². The molecule has 2 aromatic carbocycles. The second-order valence-corrected chi connectivity index (χ2v) is 8.65. The molecule has 1 aromatic heterocycles. The fourth-order valence-corrected chi connectivity index (χ4v) is 4.64. The predicted molar refractivity (Wildman–Crippen MR) is 126 cm³/mol. The van der Waals surface area contributed by atoms with Crippen molar-refractivity contribution in [2.24, 2.45) is 0 Å². The summed E-state index contributed by atoms with van der Waals surface area (Å²) in [6.45, 7) is 4.14. The summed E-state index contributed by atoms with van der Waals surface area (Å²) in [6, 6.07) is 16.1. The molecule has 6 nitrogen and oxygen atoms in total. The van der Waals surface area contributed by atoms with Gasteiger partial charge in [0.15, 0.2) is 0 Å². The molecule has 31 heavy (non-hydrogen) atoms. The van der Waals surface area contributed by atoms with Gasteiger partial charge in [0.25, 0.3) is 5.91 Å². The number of rotatable bonds is 7. The number of hydrogen-bond acceptors (Lipinski definition) is 6. The van der Waals surface area contributed by atoms with Crippen molar-refractivity contribution in [2.75, 3.05) is 30.4 Å². The summed E-state index contributed by atoms with van der Waals surface area (Å²) in [5.74, 6) is 0.395. The maximum atomic E-state index is 12.7. The molecule has 162 valence electrons. The monoisotopic (exact) mass is 436 g/mol. The Balaban J connectivity index is 1.35. The van der Waals surface area contributed by atoms with Gasteiger partial charge in [0.1, 0.15) is 10.8 Å². The van der Waals surface area contributed by atoms with Crippen LogP contribution in [0.2, 0.25) is 0 Å². The zero-order valence-corrected chi connectivity index (χ0v) is 18.7. The van der Waals surface area contributed by atoms with Gasteiger partial charge in [-0.2, -0.15) is 0 Å². The molecule has 0 aliphatic carbocycles. The van der Waals surface area contributed by atoms with E-state index in [1.165, 1.54) is 0 Å². The number of nitrogens with zero attached hydrogens (tertiary/aromatic N) is 2. The number of methoxy groups -OCH3 is 1. The molecule has 1 atom stereocenters. The molecule has 0 saturated carbocycles. The predicted octanol–water partition coefficient (Wildman–Crippen LogP) is 4.72. The van der Waals surface area contributed by atoms with Gasteiger partial charge in [-0.25, -0.2) is 4.98 Å². The topological polar surface area (TPSA) is 66.5 Å². The van der Waals surface area contributed by atoms with Gasteiger partial charge in [-0.3, -0.25) is 4.79 Å². The SMILES string of the molecule is COc1ccccc1C(=O)Nc1cccc(N2CCC(N[C@H](C)c3nccs3)CC2)c1. The van der Waals surface area contributed by atoms with E-state index < -0.39 is 0 Å². The second kappa shape index (κ2) is 9.94. The minimum atomic E-state index is -0.173. The molecule has 3 aromatic rings. The van der Waals surface area contributed by atoms with Gasteiger partial charge in [-0.15, -0.1) is 11.3 Å². The van der Waals surface area contributed by atoms with Gasteiger partial charge in [-0.1, -0.05) is 18.2 Å². The van der Waals surface area contributed by atoms with Gasteiger partial charge in [0, 0.05) is 42.1 Å². The Labute approximate surface area is 187 Å². The average Bonchev–Trinajstić information content (AvgIpc) is 3.35. The average molecular weight is 437 g/mol. The molecule has 2 N–H and O–H groups in total. The molecule has 7 heteroatoms. The molecule has 1 amide bonds. The highest BCUT2D eigenvalue weighted by Crippen LogP contribution is 2.26. The van der Waals surface area contributed by atoms with Crippen LogP contribution in [0.15, 0.2) is 60.1 Å². The normalized spacial score (nSPS) is 15.5. The lowest BCUT2D eigenvalue weighted by Crippen LogP contribution is -2.43. The third kappa shape index (κ3) is 5.24. The third-order valence-electron chi connectivity index (χ3n) is 5.62. The summed E-state index contributed by atoms with van der Waals surface area (Å²) in [4.78, 5) is 19.5. The summed E-state index contributed by atoms with van der Waals surface area (Å²) in [5, 5.41) is 9.87. The second-order valence-electron chi connectivity index (χ2n) is 7.72. The number of carbonyl (C=O) groups is 1. The van der Waals surface area contributed by atoms with Crippen molar-refractivity contribution in [3.63, 3.8) is 0 Å². The van der Waals surface area contributed by atoms with E-state index in [0.29, 0.717) is 17.4 Å². The highest BCUT2D eigenvalue weighted by molar-refractivity contribution is 7.09. The number of thiazole rings is 1. The van der Waals surface area contributed by atoms with E-state index >= 15 is 0 Å². The maximum Gasteiger partial charge on any atom is 0.259 e. The van der Waals surface area contributed by atoms with Crippen LogP contribution in [0.5, 0.6) is 5.75 Å². The van der Waals surface area contributed by atoms with Crippen LogP contribution in [-0.4, -0.2) is 37.1 Å². The van der Waals surface area contributed by atoms with Crippen molar-refractivity contribution in [1.82, 2.24) is 10.3 Å². The van der Waals surface area contributed by atoms with Crippen molar-refractivity contribution < 1.29 is 9.53 Å². The van der Waals surface area contributed by atoms with Gasteiger partial charge >= 0.3 is 0 Å². The number of carbonyl (C=O) groups excluding carboxylic acids is 1. The van der Waals surface area contributed by atoms with Crippen molar-refractivity contribution in [3.05, 3.63) is 70.7 Å². The van der Waals surface area contributed by atoms with Crippen LogP contribution >= 0.6 is 11.3 Å². The Hall–Kier alpha value is -2.90. The third-order valence-corrected chi connectivity index (χ3v) is 6.58.